The Morgan fingerprint density at radius 1 is 1.45 bits per heavy atom. The number of carbonyl (C=O) groups is 1. The van der Waals surface area contributed by atoms with Gasteiger partial charge in [-0.3, -0.25) is 4.79 Å². The lowest BCUT2D eigenvalue weighted by atomic mass is 10.2. The molecule has 0 aliphatic carbocycles. The van der Waals surface area contributed by atoms with Gasteiger partial charge in [-0.15, -0.1) is 22.6 Å². The van der Waals surface area contributed by atoms with Crippen molar-refractivity contribution in [2.75, 3.05) is 5.32 Å². The molecule has 108 valence electrons. The van der Waals surface area contributed by atoms with Crippen molar-refractivity contribution < 1.29 is 4.79 Å². The fraction of sp³-hybridized carbons (Fsp3) is 0.250. The molecule has 0 saturated heterocycles. The van der Waals surface area contributed by atoms with Crippen LogP contribution in [0.4, 0.5) is 5.13 Å². The Kier molecular flexibility index (Phi) is 6.35. The number of hydrogen-bond donors (Lipinski definition) is 2. The predicted molar refractivity (Wildman–Crippen MR) is 84.5 cm³/mol. The topological polar surface area (TPSA) is 80.9 Å². The van der Waals surface area contributed by atoms with Crippen LogP contribution in [0.1, 0.15) is 13.3 Å². The van der Waals surface area contributed by atoms with E-state index in [4.69, 9.17) is 17.3 Å². The zero-order valence-electron chi connectivity index (χ0n) is 10.7. The van der Waals surface area contributed by atoms with Gasteiger partial charge in [-0.1, -0.05) is 41.1 Å². The van der Waals surface area contributed by atoms with E-state index in [0.29, 0.717) is 15.2 Å². The zero-order chi connectivity index (χ0) is 13.8. The van der Waals surface area contributed by atoms with Crippen LogP contribution in [0.15, 0.2) is 24.3 Å². The van der Waals surface area contributed by atoms with Crippen molar-refractivity contribution in [2.24, 2.45) is 5.73 Å². The third-order valence-corrected chi connectivity index (χ3v) is 3.48. The van der Waals surface area contributed by atoms with Gasteiger partial charge in [0, 0.05) is 18.0 Å². The lowest BCUT2D eigenvalue weighted by Crippen LogP contribution is -2.23. The second-order valence-electron chi connectivity index (χ2n) is 4.12. The van der Waals surface area contributed by atoms with Gasteiger partial charge in [0.1, 0.15) is 0 Å². The molecular formula is C12H14Cl2N4OS. The molecule has 8 heteroatoms. The Morgan fingerprint density at radius 2 is 2.15 bits per heavy atom. The quantitative estimate of drug-likeness (QED) is 0.901. The molecule has 5 nitrogen and oxygen atoms in total. The van der Waals surface area contributed by atoms with Gasteiger partial charge >= 0.3 is 0 Å². The van der Waals surface area contributed by atoms with E-state index in [1.165, 1.54) is 11.3 Å². The van der Waals surface area contributed by atoms with E-state index in [9.17, 15) is 4.79 Å². The summed E-state index contributed by atoms with van der Waals surface area (Å²) in [6, 6.07) is 7.18. The molecule has 0 aliphatic rings. The normalized spacial score (nSPS) is 11.6. The van der Waals surface area contributed by atoms with E-state index >= 15 is 0 Å². The van der Waals surface area contributed by atoms with Crippen LogP contribution in [0.5, 0.6) is 0 Å². The Morgan fingerprint density at radius 3 is 2.80 bits per heavy atom. The SMILES string of the molecule is CC(N)CC(=O)Nc1nnc(-c2ccccc2Cl)s1.Cl. The number of benzene rings is 1. The molecule has 0 fully saturated rings. The van der Waals surface area contributed by atoms with E-state index < -0.39 is 0 Å². The molecular weight excluding hydrogens is 319 g/mol. The van der Waals surface area contributed by atoms with Crippen LogP contribution < -0.4 is 11.1 Å². The number of halogens is 2. The van der Waals surface area contributed by atoms with E-state index in [1.54, 1.807) is 13.0 Å². The van der Waals surface area contributed by atoms with Gasteiger partial charge < -0.3 is 11.1 Å². The smallest absolute Gasteiger partial charge is 0.227 e. The highest BCUT2D eigenvalue weighted by atomic mass is 35.5. The van der Waals surface area contributed by atoms with Crippen LogP contribution in [0, 0.1) is 0 Å². The molecule has 1 unspecified atom stereocenters. The van der Waals surface area contributed by atoms with Crippen LogP contribution in [0.3, 0.4) is 0 Å². The maximum Gasteiger partial charge on any atom is 0.227 e. The molecule has 1 atom stereocenters. The number of hydrogen-bond acceptors (Lipinski definition) is 5. The van der Waals surface area contributed by atoms with E-state index in [-0.39, 0.29) is 30.8 Å². The monoisotopic (exact) mass is 332 g/mol. The van der Waals surface area contributed by atoms with Crippen LogP contribution >= 0.6 is 35.3 Å². The summed E-state index contributed by atoms with van der Waals surface area (Å²) in [7, 11) is 0. The zero-order valence-corrected chi connectivity index (χ0v) is 13.1. The number of carbonyl (C=O) groups excluding carboxylic acids is 1. The third kappa shape index (κ3) is 4.42. The lowest BCUT2D eigenvalue weighted by Gasteiger charge is -2.03. The Labute approximate surface area is 132 Å². The molecule has 0 aliphatic heterocycles. The molecule has 1 heterocycles. The minimum absolute atomic E-state index is 0. The fourth-order valence-corrected chi connectivity index (χ4v) is 2.56. The minimum atomic E-state index is -0.184. The van der Waals surface area contributed by atoms with Crippen molar-refractivity contribution in [1.82, 2.24) is 10.2 Å². The van der Waals surface area contributed by atoms with Crippen LogP contribution in [0.25, 0.3) is 10.6 Å². The van der Waals surface area contributed by atoms with Crippen LogP contribution in [-0.4, -0.2) is 22.1 Å². The summed E-state index contributed by atoms with van der Waals surface area (Å²) in [6.07, 6.45) is 0.251. The number of amides is 1. The van der Waals surface area contributed by atoms with Crippen molar-refractivity contribution >= 4 is 46.4 Å². The molecule has 0 radical (unpaired) electrons. The minimum Gasteiger partial charge on any atom is -0.327 e. The van der Waals surface area contributed by atoms with Gasteiger partial charge in [0.2, 0.25) is 11.0 Å². The highest BCUT2D eigenvalue weighted by molar-refractivity contribution is 7.18. The summed E-state index contributed by atoms with van der Waals surface area (Å²) in [4.78, 5) is 11.6. The molecule has 20 heavy (non-hydrogen) atoms. The summed E-state index contributed by atoms with van der Waals surface area (Å²) >= 11 is 7.35. The third-order valence-electron chi connectivity index (χ3n) is 2.28. The highest BCUT2D eigenvalue weighted by Gasteiger charge is 2.12. The van der Waals surface area contributed by atoms with Crippen molar-refractivity contribution in [3.8, 4) is 10.6 Å². The Bertz CT molecular complexity index is 588. The van der Waals surface area contributed by atoms with Gasteiger partial charge in [0.05, 0.1) is 5.02 Å². The molecule has 0 spiro atoms. The molecule has 2 aromatic rings. The number of rotatable bonds is 4. The first kappa shape index (κ1) is 16.8. The molecule has 3 N–H and O–H groups in total. The van der Waals surface area contributed by atoms with E-state index in [1.807, 2.05) is 18.2 Å². The van der Waals surface area contributed by atoms with Gasteiger partial charge in [-0.05, 0) is 13.0 Å². The maximum atomic E-state index is 11.6. The van der Waals surface area contributed by atoms with Gasteiger partial charge in [0.15, 0.2) is 5.01 Å². The fourth-order valence-electron chi connectivity index (χ4n) is 1.48. The van der Waals surface area contributed by atoms with Crippen molar-refractivity contribution in [3.05, 3.63) is 29.3 Å². The molecule has 1 amide bonds. The molecule has 1 aromatic carbocycles. The highest BCUT2D eigenvalue weighted by Crippen LogP contribution is 2.31. The molecule has 0 saturated carbocycles. The summed E-state index contributed by atoms with van der Waals surface area (Å²) in [5.74, 6) is -0.170. The van der Waals surface area contributed by atoms with Gasteiger partial charge in [-0.25, -0.2) is 0 Å². The van der Waals surface area contributed by atoms with Crippen molar-refractivity contribution in [3.63, 3.8) is 0 Å². The van der Waals surface area contributed by atoms with Crippen LogP contribution in [0.2, 0.25) is 5.02 Å². The summed E-state index contributed by atoms with van der Waals surface area (Å²) in [5.41, 5.74) is 6.35. The number of nitrogens with two attached hydrogens (primary N) is 1. The van der Waals surface area contributed by atoms with Crippen LogP contribution in [-0.2, 0) is 4.79 Å². The van der Waals surface area contributed by atoms with Crippen molar-refractivity contribution in [1.29, 1.82) is 0 Å². The number of anilines is 1. The average Bonchev–Trinajstić information content (AvgIpc) is 2.76. The van der Waals surface area contributed by atoms with Crippen molar-refractivity contribution in [2.45, 2.75) is 19.4 Å². The number of nitrogens with one attached hydrogen (secondary N) is 1. The first-order chi connectivity index (χ1) is 9.06. The second-order valence-corrected chi connectivity index (χ2v) is 5.51. The summed E-state index contributed by atoms with van der Waals surface area (Å²) in [5, 5.41) is 12.3. The van der Waals surface area contributed by atoms with Gasteiger partial charge in [0.25, 0.3) is 0 Å². The molecule has 0 bridgehead atoms. The number of aromatic nitrogens is 2. The summed E-state index contributed by atoms with van der Waals surface area (Å²) < 4.78 is 0. The predicted octanol–water partition coefficient (Wildman–Crippen LogP) is 2.96. The summed E-state index contributed by atoms with van der Waals surface area (Å²) in [6.45, 7) is 1.77. The van der Waals surface area contributed by atoms with E-state index in [0.717, 1.165) is 5.56 Å². The van der Waals surface area contributed by atoms with Gasteiger partial charge in [-0.2, -0.15) is 0 Å². The standard InChI is InChI=1S/C12H13ClN4OS.ClH/c1-7(14)6-10(18)15-12-17-16-11(19-12)8-4-2-3-5-9(8)13;/h2-5,7H,6,14H2,1H3,(H,15,17,18);1H. The number of nitrogens with zero attached hydrogens (tertiary/aromatic N) is 2. The largest absolute Gasteiger partial charge is 0.327 e. The first-order valence-corrected chi connectivity index (χ1v) is 6.89. The lowest BCUT2D eigenvalue weighted by molar-refractivity contribution is -0.116. The first-order valence-electron chi connectivity index (χ1n) is 5.70. The van der Waals surface area contributed by atoms with E-state index in [2.05, 4.69) is 15.5 Å². The molecule has 2 rings (SSSR count). The molecule has 1 aromatic heterocycles. The Hall–Kier alpha value is -1.21. The Balaban J connectivity index is 0.00000200. The maximum absolute atomic E-state index is 11.6. The second kappa shape index (κ2) is 7.54. The average molecular weight is 333 g/mol.